The predicted octanol–water partition coefficient (Wildman–Crippen LogP) is 3.25. The molecule has 0 unspecified atom stereocenters. The molecule has 0 amide bonds. The average molecular weight is 258 g/mol. The van der Waals surface area contributed by atoms with Crippen molar-refractivity contribution in [3.8, 4) is 0 Å². The molecule has 0 spiro atoms. The van der Waals surface area contributed by atoms with Gasteiger partial charge in [-0.15, -0.1) is 6.58 Å². The Hall–Kier alpha value is -0.670. The Labute approximate surface area is 92.1 Å². The first-order chi connectivity index (χ1) is 6.74. The lowest BCUT2D eigenvalue weighted by atomic mass is 10.2. The molecule has 1 aromatic carbocycles. The Morgan fingerprint density at radius 2 is 2.29 bits per heavy atom. The molecule has 76 valence electrons. The summed E-state index contributed by atoms with van der Waals surface area (Å²) in [6.45, 7) is 5.19. The molecule has 14 heavy (non-hydrogen) atoms. The highest BCUT2D eigenvalue weighted by Gasteiger charge is 1.99. The Bertz CT molecular complexity index is 312. The standard InChI is InChI=1S/C11H13BrFN/c1-2-3-6-14-8-9-4-5-10(12)11(13)7-9/h2,4-5,7,14H,1,3,6,8H2. The molecule has 0 saturated carbocycles. The van der Waals surface area contributed by atoms with E-state index < -0.39 is 0 Å². The second kappa shape index (κ2) is 5.94. The fourth-order valence-electron chi connectivity index (χ4n) is 1.09. The van der Waals surface area contributed by atoms with E-state index >= 15 is 0 Å². The van der Waals surface area contributed by atoms with E-state index in [1.165, 1.54) is 6.07 Å². The van der Waals surface area contributed by atoms with Crippen LogP contribution in [0.2, 0.25) is 0 Å². The van der Waals surface area contributed by atoms with E-state index in [0.29, 0.717) is 11.0 Å². The van der Waals surface area contributed by atoms with E-state index in [0.717, 1.165) is 18.5 Å². The van der Waals surface area contributed by atoms with Gasteiger partial charge in [0.2, 0.25) is 0 Å². The van der Waals surface area contributed by atoms with Gasteiger partial charge in [0.25, 0.3) is 0 Å². The van der Waals surface area contributed by atoms with E-state index in [9.17, 15) is 4.39 Å². The number of nitrogens with one attached hydrogen (secondary N) is 1. The zero-order valence-electron chi connectivity index (χ0n) is 7.89. The van der Waals surface area contributed by atoms with Crippen LogP contribution in [0.1, 0.15) is 12.0 Å². The Kier molecular flexibility index (Phi) is 4.84. The van der Waals surface area contributed by atoms with Crippen LogP contribution < -0.4 is 5.32 Å². The van der Waals surface area contributed by atoms with Gasteiger partial charge in [-0.2, -0.15) is 0 Å². The monoisotopic (exact) mass is 257 g/mol. The largest absolute Gasteiger partial charge is 0.312 e. The summed E-state index contributed by atoms with van der Waals surface area (Å²) in [6.07, 6.45) is 2.79. The first kappa shape index (κ1) is 11.4. The quantitative estimate of drug-likeness (QED) is 0.631. The van der Waals surface area contributed by atoms with Gasteiger partial charge in [-0.05, 0) is 46.6 Å². The summed E-state index contributed by atoms with van der Waals surface area (Å²) in [5.74, 6) is -0.215. The molecule has 0 atom stereocenters. The predicted molar refractivity (Wildman–Crippen MR) is 60.6 cm³/mol. The Morgan fingerprint density at radius 3 is 2.93 bits per heavy atom. The third-order valence-electron chi connectivity index (χ3n) is 1.84. The van der Waals surface area contributed by atoms with Crippen molar-refractivity contribution >= 4 is 15.9 Å². The Morgan fingerprint density at radius 1 is 1.50 bits per heavy atom. The van der Waals surface area contributed by atoms with E-state index in [-0.39, 0.29) is 5.82 Å². The molecule has 1 rings (SSSR count). The first-order valence-corrected chi connectivity index (χ1v) is 5.29. The van der Waals surface area contributed by atoms with Crippen molar-refractivity contribution in [2.24, 2.45) is 0 Å². The van der Waals surface area contributed by atoms with Crippen LogP contribution in [0.15, 0.2) is 35.3 Å². The van der Waals surface area contributed by atoms with Gasteiger partial charge in [-0.25, -0.2) is 4.39 Å². The minimum atomic E-state index is -0.215. The van der Waals surface area contributed by atoms with Crippen LogP contribution in [-0.4, -0.2) is 6.54 Å². The smallest absolute Gasteiger partial charge is 0.137 e. The minimum absolute atomic E-state index is 0.215. The summed E-state index contributed by atoms with van der Waals surface area (Å²) in [6, 6.07) is 5.15. The van der Waals surface area contributed by atoms with Crippen LogP contribution in [0.5, 0.6) is 0 Å². The lowest BCUT2D eigenvalue weighted by Crippen LogP contribution is -2.14. The minimum Gasteiger partial charge on any atom is -0.312 e. The van der Waals surface area contributed by atoms with Gasteiger partial charge in [0.05, 0.1) is 4.47 Å². The first-order valence-electron chi connectivity index (χ1n) is 4.49. The highest BCUT2D eigenvalue weighted by Crippen LogP contribution is 2.16. The molecular formula is C11H13BrFN. The molecule has 0 aliphatic heterocycles. The maximum Gasteiger partial charge on any atom is 0.137 e. The van der Waals surface area contributed by atoms with Gasteiger partial charge in [0.15, 0.2) is 0 Å². The molecule has 1 aromatic rings. The van der Waals surface area contributed by atoms with Crippen molar-refractivity contribution < 1.29 is 4.39 Å². The van der Waals surface area contributed by atoms with Gasteiger partial charge in [-0.1, -0.05) is 12.1 Å². The molecule has 0 saturated heterocycles. The van der Waals surface area contributed by atoms with Crippen molar-refractivity contribution in [1.82, 2.24) is 5.32 Å². The topological polar surface area (TPSA) is 12.0 Å². The number of halogens is 2. The van der Waals surface area contributed by atoms with Gasteiger partial charge in [-0.3, -0.25) is 0 Å². The third kappa shape index (κ3) is 3.60. The zero-order valence-corrected chi connectivity index (χ0v) is 9.48. The maximum atomic E-state index is 13.1. The molecule has 0 radical (unpaired) electrons. The summed E-state index contributed by atoms with van der Waals surface area (Å²) in [5.41, 5.74) is 0.953. The fourth-order valence-corrected chi connectivity index (χ4v) is 1.33. The van der Waals surface area contributed by atoms with Gasteiger partial charge >= 0.3 is 0 Å². The van der Waals surface area contributed by atoms with Crippen molar-refractivity contribution in [1.29, 1.82) is 0 Å². The van der Waals surface area contributed by atoms with E-state index in [1.54, 1.807) is 6.07 Å². The van der Waals surface area contributed by atoms with Crippen LogP contribution in [-0.2, 0) is 6.54 Å². The van der Waals surface area contributed by atoms with E-state index in [2.05, 4.69) is 27.8 Å². The van der Waals surface area contributed by atoms with Gasteiger partial charge in [0, 0.05) is 6.54 Å². The lowest BCUT2D eigenvalue weighted by molar-refractivity contribution is 0.614. The van der Waals surface area contributed by atoms with Gasteiger partial charge < -0.3 is 5.32 Å². The third-order valence-corrected chi connectivity index (χ3v) is 2.48. The lowest BCUT2D eigenvalue weighted by Gasteiger charge is -2.03. The molecule has 1 N–H and O–H groups in total. The highest BCUT2D eigenvalue weighted by atomic mass is 79.9. The summed E-state index contributed by atoms with van der Waals surface area (Å²) < 4.78 is 13.6. The fraction of sp³-hybridized carbons (Fsp3) is 0.273. The van der Waals surface area contributed by atoms with Crippen molar-refractivity contribution in [2.75, 3.05) is 6.54 Å². The summed E-state index contributed by atoms with van der Waals surface area (Å²) in [4.78, 5) is 0. The average Bonchev–Trinajstić information content (AvgIpc) is 2.18. The van der Waals surface area contributed by atoms with E-state index in [1.807, 2.05) is 12.1 Å². The van der Waals surface area contributed by atoms with Crippen LogP contribution in [0, 0.1) is 5.82 Å². The van der Waals surface area contributed by atoms with Crippen LogP contribution in [0.25, 0.3) is 0 Å². The molecule has 0 bridgehead atoms. The Balaban J connectivity index is 2.43. The second-order valence-electron chi connectivity index (χ2n) is 3.00. The molecule has 0 fully saturated rings. The molecule has 3 heteroatoms. The number of rotatable bonds is 5. The van der Waals surface area contributed by atoms with Crippen molar-refractivity contribution in [3.63, 3.8) is 0 Å². The highest BCUT2D eigenvalue weighted by molar-refractivity contribution is 9.10. The molecular weight excluding hydrogens is 245 g/mol. The SMILES string of the molecule is C=CCCNCc1ccc(Br)c(F)c1. The maximum absolute atomic E-state index is 13.1. The molecule has 0 heterocycles. The van der Waals surface area contributed by atoms with Crippen LogP contribution >= 0.6 is 15.9 Å². The van der Waals surface area contributed by atoms with Crippen LogP contribution in [0.4, 0.5) is 4.39 Å². The zero-order chi connectivity index (χ0) is 10.4. The molecule has 0 aliphatic carbocycles. The molecule has 0 aromatic heterocycles. The van der Waals surface area contributed by atoms with Crippen LogP contribution in [0.3, 0.4) is 0 Å². The molecule has 1 nitrogen and oxygen atoms in total. The summed E-state index contributed by atoms with van der Waals surface area (Å²) in [7, 11) is 0. The summed E-state index contributed by atoms with van der Waals surface area (Å²) in [5, 5.41) is 3.20. The van der Waals surface area contributed by atoms with Crippen molar-refractivity contribution in [3.05, 3.63) is 46.7 Å². The number of hydrogen-bond donors (Lipinski definition) is 1. The second-order valence-corrected chi connectivity index (χ2v) is 3.86. The number of benzene rings is 1. The van der Waals surface area contributed by atoms with Crippen molar-refractivity contribution in [2.45, 2.75) is 13.0 Å². The van der Waals surface area contributed by atoms with E-state index in [4.69, 9.17) is 0 Å². The molecule has 0 aliphatic rings. The number of hydrogen-bond acceptors (Lipinski definition) is 1. The normalized spacial score (nSPS) is 10.1. The summed E-state index contributed by atoms with van der Waals surface area (Å²) >= 11 is 3.11. The van der Waals surface area contributed by atoms with Gasteiger partial charge in [0.1, 0.15) is 5.82 Å².